The fourth-order valence-corrected chi connectivity index (χ4v) is 3.21. The van der Waals surface area contributed by atoms with Gasteiger partial charge in [0.2, 0.25) is 5.91 Å². The Labute approximate surface area is 145 Å². The summed E-state index contributed by atoms with van der Waals surface area (Å²) < 4.78 is 0. The molecule has 0 radical (unpaired) electrons. The zero-order valence-corrected chi connectivity index (χ0v) is 14.2. The van der Waals surface area contributed by atoms with Crippen molar-refractivity contribution in [2.45, 2.75) is 25.3 Å². The van der Waals surface area contributed by atoms with Gasteiger partial charge in [-0.2, -0.15) is 5.26 Å². The molecular formula is C17H21N5OS. The molecule has 3 heterocycles. The van der Waals surface area contributed by atoms with E-state index in [1.54, 1.807) is 17.5 Å². The maximum absolute atomic E-state index is 10.5. The van der Waals surface area contributed by atoms with Gasteiger partial charge in [-0.1, -0.05) is 6.07 Å². The quantitative estimate of drug-likeness (QED) is 0.877. The first-order valence-electron chi connectivity index (χ1n) is 7.79. The lowest BCUT2D eigenvalue weighted by Crippen LogP contribution is -2.37. The maximum Gasteiger partial charge on any atom is 0.234 e. The Morgan fingerprint density at radius 1 is 1.38 bits per heavy atom. The van der Waals surface area contributed by atoms with E-state index in [1.807, 2.05) is 29.6 Å². The van der Waals surface area contributed by atoms with Gasteiger partial charge in [0.25, 0.3) is 0 Å². The van der Waals surface area contributed by atoms with E-state index in [2.05, 4.69) is 16.0 Å². The number of carbonyl (C=O) groups is 1. The van der Waals surface area contributed by atoms with Crippen LogP contribution in [0.4, 0.5) is 5.69 Å². The lowest BCUT2D eigenvalue weighted by Gasteiger charge is -2.17. The molecule has 2 aromatic rings. The van der Waals surface area contributed by atoms with E-state index in [9.17, 15) is 4.79 Å². The van der Waals surface area contributed by atoms with Crippen LogP contribution in [0.1, 0.15) is 23.4 Å². The summed E-state index contributed by atoms with van der Waals surface area (Å²) in [4.78, 5) is 17.9. The van der Waals surface area contributed by atoms with E-state index < -0.39 is 11.9 Å². The number of pyridine rings is 1. The molecule has 0 spiro atoms. The van der Waals surface area contributed by atoms with Crippen molar-refractivity contribution in [3.63, 3.8) is 0 Å². The molecule has 1 aliphatic rings. The maximum atomic E-state index is 10.5. The second-order valence-corrected chi connectivity index (χ2v) is 6.50. The summed E-state index contributed by atoms with van der Waals surface area (Å²) in [7, 11) is 0. The molecule has 0 saturated carbocycles. The number of nitriles is 1. The highest BCUT2D eigenvalue weighted by Crippen LogP contribution is 2.21. The standard InChI is InChI=1S/C10H11N3.C7H10N2OS/c11-8-9-10(4-3-5-12-9)13-6-1-2-7-13;8-6(7(9)10)4-5-2-1-3-11-5/h3-5H,1-2,6-7H2;1-3,6H,4,8H2,(H2,9,10)/t;6-/m.0/s1. The van der Waals surface area contributed by atoms with Crippen molar-refractivity contribution in [3.05, 3.63) is 46.4 Å². The first-order chi connectivity index (χ1) is 11.6. The van der Waals surface area contributed by atoms with Crippen LogP contribution in [-0.4, -0.2) is 30.0 Å². The molecule has 6 nitrogen and oxygen atoms in total. The molecule has 1 atom stereocenters. The number of primary amides is 1. The molecule has 1 saturated heterocycles. The van der Waals surface area contributed by atoms with Gasteiger partial charge in [0.05, 0.1) is 11.7 Å². The number of nitrogens with zero attached hydrogens (tertiary/aromatic N) is 3. The molecule has 0 aromatic carbocycles. The van der Waals surface area contributed by atoms with Crippen molar-refractivity contribution in [3.8, 4) is 6.07 Å². The van der Waals surface area contributed by atoms with Crippen LogP contribution < -0.4 is 16.4 Å². The molecule has 0 aliphatic carbocycles. The number of nitrogens with two attached hydrogens (primary N) is 2. The second-order valence-electron chi connectivity index (χ2n) is 5.47. The molecule has 1 amide bonds. The number of hydrogen-bond acceptors (Lipinski definition) is 6. The van der Waals surface area contributed by atoms with Crippen LogP contribution in [0.25, 0.3) is 0 Å². The number of amides is 1. The third-order valence-corrected chi connectivity index (χ3v) is 4.60. The number of thiophene rings is 1. The topological polar surface area (TPSA) is 109 Å². The molecule has 1 aliphatic heterocycles. The van der Waals surface area contributed by atoms with Gasteiger partial charge in [-0.15, -0.1) is 11.3 Å². The van der Waals surface area contributed by atoms with Crippen LogP contribution in [0.2, 0.25) is 0 Å². The Kier molecular flexibility index (Phi) is 6.73. The minimum atomic E-state index is -0.548. The fourth-order valence-electron chi connectivity index (χ4n) is 2.44. The Balaban J connectivity index is 0.000000177. The van der Waals surface area contributed by atoms with Gasteiger partial charge in [0.15, 0.2) is 5.69 Å². The molecule has 1 fully saturated rings. The van der Waals surface area contributed by atoms with Crippen molar-refractivity contribution < 1.29 is 4.79 Å². The molecule has 2 aromatic heterocycles. The summed E-state index contributed by atoms with van der Waals surface area (Å²) in [6.07, 6.45) is 4.66. The van der Waals surface area contributed by atoms with E-state index in [1.165, 1.54) is 12.8 Å². The second kappa shape index (κ2) is 9.01. The summed E-state index contributed by atoms with van der Waals surface area (Å²) in [5, 5.41) is 10.8. The largest absolute Gasteiger partial charge is 0.369 e. The number of carbonyl (C=O) groups excluding carboxylic acids is 1. The Bertz CT molecular complexity index is 689. The van der Waals surface area contributed by atoms with E-state index in [-0.39, 0.29) is 0 Å². The zero-order chi connectivity index (χ0) is 17.4. The highest BCUT2D eigenvalue weighted by Gasteiger charge is 2.15. The van der Waals surface area contributed by atoms with Gasteiger partial charge in [-0.25, -0.2) is 4.98 Å². The lowest BCUT2D eigenvalue weighted by atomic mass is 10.2. The van der Waals surface area contributed by atoms with E-state index in [0.717, 1.165) is 23.7 Å². The monoisotopic (exact) mass is 343 g/mol. The van der Waals surface area contributed by atoms with Crippen LogP contribution in [0.15, 0.2) is 35.8 Å². The van der Waals surface area contributed by atoms with Crippen LogP contribution in [0, 0.1) is 11.3 Å². The Morgan fingerprint density at radius 3 is 2.71 bits per heavy atom. The van der Waals surface area contributed by atoms with E-state index in [4.69, 9.17) is 16.7 Å². The third kappa shape index (κ3) is 5.05. The molecule has 0 bridgehead atoms. The zero-order valence-electron chi connectivity index (χ0n) is 13.4. The average molecular weight is 343 g/mol. The molecular weight excluding hydrogens is 322 g/mol. The van der Waals surface area contributed by atoms with E-state index >= 15 is 0 Å². The Morgan fingerprint density at radius 2 is 2.12 bits per heavy atom. The van der Waals surface area contributed by atoms with Crippen molar-refractivity contribution in [1.82, 2.24) is 4.98 Å². The molecule has 3 rings (SSSR count). The minimum Gasteiger partial charge on any atom is -0.369 e. The molecule has 126 valence electrons. The predicted octanol–water partition coefficient (Wildman–Crippen LogP) is 1.66. The van der Waals surface area contributed by atoms with Gasteiger partial charge in [-0.05, 0) is 36.4 Å². The highest BCUT2D eigenvalue weighted by atomic mass is 32.1. The molecule has 24 heavy (non-hydrogen) atoms. The average Bonchev–Trinajstić information content (AvgIpc) is 3.29. The van der Waals surface area contributed by atoms with Crippen molar-refractivity contribution in [1.29, 1.82) is 5.26 Å². The summed E-state index contributed by atoms with van der Waals surface area (Å²) in [5.74, 6) is -0.446. The van der Waals surface area contributed by atoms with Crippen LogP contribution in [-0.2, 0) is 11.2 Å². The number of hydrogen-bond donors (Lipinski definition) is 2. The first kappa shape index (κ1) is 17.9. The summed E-state index contributed by atoms with van der Waals surface area (Å²) in [6, 6.07) is 9.29. The van der Waals surface area contributed by atoms with E-state index in [0.29, 0.717) is 12.1 Å². The van der Waals surface area contributed by atoms with Gasteiger partial charge in [0.1, 0.15) is 6.07 Å². The number of rotatable bonds is 4. The third-order valence-electron chi connectivity index (χ3n) is 3.71. The SMILES string of the molecule is N#Cc1ncccc1N1CCCC1.NC(=O)[C@@H](N)Cc1cccs1. The molecule has 0 unspecified atom stereocenters. The van der Waals surface area contributed by atoms with Gasteiger partial charge < -0.3 is 16.4 Å². The lowest BCUT2D eigenvalue weighted by molar-refractivity contribution is -0.119. The molecule has 4 N–H and O–H groups in total. The van der Waals surface area contributed by atoms with Crippen molar-refractivity contribution >= 4 is 22.9 Å². The Hall–Kier alpha value is -2.43. The summed E-state index contributed by atoms with van der Waals surface area (Å²) >= 11 is 1.58. The smallest absolute Gasteiger partial charge is 0.234 e. The van der Waals surface area contributed by atoms with Gasteiger partial charge in [0, 0.05) is 30.6 Å². The van der Waals surface area contributed by atoms with Crippen molar-refractivity contribution in [2.75, 3.05) is 18.0 Å². The highest BCUT2D eigenvalue weighted by molar-refractivity contribution is 7.09. The predicted molar refractivity (Wildman–Crippen MR) is 95.6 cm³/mol. The van der Waals surface area contributed by atoms with Crippen molar-refractivity contribution in [2.24, 2.45) is 11.5 Å². The number of aromatic nitrogens is 1. The van der Waals surface area contributed by atoms with Crippen LogP contribution >= 0.6 is 11.3 Å². The van der Waals surface area contributed by atoms with Crippen LogP contribution in [0.5, 0.6) is 0 Å². The first-order valence-corrected chi connectivity index (χ1v) is 8.67. The number of anilines is 1. The summed E-state index contributed by atoms with van der Waals surface area (Å²) in [5.41, 5.74) is 12.0. The molecule has 7 heteroatoms. The fraction of sp³-hybridized carbons (Fsp3) is 0.353. The van der Waals surface area contributed by atoms with Gasteiger partial charge in [-0.3, -0.25) is 4.79 Å². The normalized spacial score (nSPS) is 14.4. The van der Waals surface area contributed by atoms with Crippen LogP contribution in [0.3, 0.4) is 0 Å². The summed E-state index contributed by atoms with van der Waals surface area (Å²) in [6.45, 7) is 2.11. The minimum absolute atomic E-state index is 0.446. The van der Waals surface area contributed by atoms with Gasteiger partial charge >= 0.3 is 0 Å².